The first-order chi connectivity index (χ1) is 12.2. The number of nitriles is 1. The zero-order chi connectivity index (χ0) is 17.2. The van der Waals surface area contributed by atoms with Gasteiger partial charge in [-0.15, -0.1) is 0 Å². The first-order valence-electron chi connectivity index (χ1n) is 8.31. The molecule has 0 atom stereocenters. The van der Waals surface area contributed by atoms with Crippen molar-refractivity contribution in [3.8, 4) is 6.07 Å². The molecule has 0 unspecified atom stereocenters. The van der Waals surface area contributed by atoms with Crippen LogP contribution in [-0.2, 0) is 4.79 Å². The molecule has 25 heavy (non-hydrogen) atoms. The summed E-state index contributed by atoms with van der Waals surface area (Å²) >= 11 is 0. The first kappa shape index (κ1) is 15.4. The third-order valence-electron chi connectivity index (χ3n) is 4.52. The fourth-order valence-electron chi connectivity index (χ4n) is 3.19. The van der Waals surface area contributed by atoms with E-state index in [9.17, 15) is 4.79 Å². The van der Waals surface area contributed by atoms with E-state index in [1.54, 1.807) is 12.3 Å². The number of amidine groups is 1. The topological polar surface area (TPSA) is 81.4 Å². The van der Waals surface area contributed by atoms with Crippen molar-refractivity contribution in [2.45, 2.75) is 12.8 Å². The number of aromatic nitrogens is 1. The summed E-state index contributed by atoms with van der Waals surface area (Å²) in [5, 5.41) is 12.3. The van der Waals surface area contributed by atoms with Crippen molar-refractivity contribution in [3.05, 3.63) is 42.1 Å². The molecule has 2 aliphatic rings. The molecule has 1 aromatic carbocycles. The SMILES string of the molecule is N#Cc1ccc2c(c1)BC(Nc1cc(N3CCC(=O)CC3)ccn1)=N2. The van der Waals surface area contributed by atoms with Crippen molar-refractivity contribution in [1.29, 1.82) is 5.26 Å². The minimum absolute atomic E-state index is 0.332. The number of fused-ring (bicyclic) bond motifs is 1. The van der Waals surface area contributed by atoms with Crippen molar-refractivity contribution in [1.82, 2.24) is 4.98 Å². The maximum atomic E-state index is 11.4. The number of aliphatic imine (C=N–C) groups is 1. The molecule has 1 saturated heterocycles. The Hall–Kier alpha value is -3.14. The van der Waals surface area contributed by atoms with Crippen LogP contribution in [0.3, 0.4) is 0 Å². The van der Waals surface area contributed by atoms with Crippen LogP contribution in [0.25, 0.3) is 0 Å². The van der Waals surface area contributed by atoms with Gasteiger partial charge in [0, 0.05) is 43.9 Å². The Balaban J connectivity index is 1.48. The molecule has 1 fully saturated rings. The maximum Gasteiger partial charge on any atom is 0.240 e. The summed E-state index contributed by atoms with van der Waals surface area (Å²) in [5.41, 5.74) is 4.48. The summed E-state index contributed by atoms with van der Waals surface area (Å²) in [5.74, 6) is 1.07. The summed E-state index contributed by atoms with van der Waals surface area (Å²) in [7, 11) is 0.662. The quantitative estimate of drug-likeness (QED) is 0.840. The number of rotatable bonds is 2. The molecule has 4 rings (SSSR count). The highest BCUT2D eigenvalue weighted by molar-refractivity contribution is 6.89. The van der Waals surface area contributed by atoms with E-state index in [1.807, 2.05) is 24.3 Å². The zero-order valence-electron chi connectivity index (χ0n) is 13.7. The number of ketones is 1. The van der Waals surface area contributed by atoms with Gasteiger partial charge in [0.2, 0.25) is 7.28 Å². The molecule has 0 aliphatic carbocycles. The Morgan fingerprint density at radius 1 is 1.20 bits per heavy atom. The second kappa shape index (κ2) is 6.40. The van der Waals surface area contributed by atoms with Crippen LogP contribution in [0, 0.1) is 11.3 Å². The largest absolute Gasteiger partial charge is 0.370 e. The van der Waals surface area contributed by atoms with E-state index in [1.165, 1.54) is 0 Å². The molecular formula is C18H16BN5O. The summed E-state index contributed by atoms with van der Waals surface area (Å²) in [4.78, 5) is 22.6. The Morgan fingerprint density at radius 2 is 2.04 bits per heavy atom. The maximum absolute atomic E-state index is 11.4. The zero-order valence-corrected chi connectivity index (χ0v) is 13.7. The monoisotopic (exact) mass is 329 g/mol. The van der Waals surface area contributed by atoms with E-state index >= 15 is 0 Å². The summed E-state index contributed by atoms with van der Waals surface area (Å²) in [6.45, 7) is 1.51. The molecule has 2 aliphatic heterocycles. The fourth-order valence-corrected chi connectivity index (χ4v) is 3.19. The number of pyridine rings is 1. The van der Waals surface area contributed by atoms with Gasteiger partial charge in [-0.1, -0.05) is 0 Å². The number of benzene rings is 1. The van der Waals surface area contributed by atoms with E-state index in [-0.39, 0.29) is 0 Å². The van der Waals surface area contributed by atoms with Gasteiger partial charge in [0.05, 0.1) is 23.1 Å². The molecule has 0 amide bonds. The van der Waals surface area contributed by atoms with Crippen LogP contribution in [0.4, 0.5) is 17.2 Å². The normalized spacial score (nSPS) is 15.9. The molecule has 0 spiro atoms. The Morgan fingerprint density at radius 3 is 2.84 bits per heavy atom. The van der Waals surface area contributed by atoms with Gasteiger partial charge in [-0.25, -0.2) is 9.98 Å². The molecule has 7 heteroatoms. The molecule has 3 heterocycles. The van der Waals surface area contributed by atoms with Gasteiger partial charge >= 0.3 is 0 Å². The predicted octanol–water partition coefficient (Wildman–Crippen LogP) is 1.30. The number of carbonyl (C=O) groups excluding carboxylic acids is 1. The summed E-state index contributed by atoms with van der Waals surface area (Å²) in [6, 6.07) is 11.6. The van der Waals surface area contributed by atoms with E-state index in [0.717, 1.165) is 41.5 Å². The van der Waals surface area contributed by atoms with Crippen LogP contribution in [-0.4, -0.2) is 36.9 Å². The lowest BCUT2D eigenvalue weighted by atomic mass is 9.70. The molecule has 0 bridgehead atoms. The highest BCUT2D eigenvalue weighted by Crippen LogP contribution is 2.22. The second-order valence-corrected chi connectivity index (χ2v) is 6.24. The lowest BCUT2D eigenvalue weighted by molar-refractivity contribution is -0.119. The van der Waals surface area contributed by atoms with E-state index in [0.29, 0.717) is 31.5 Å². The lowest BCUT2D eigenvalue weighted by Crippen LogP contribution is -2.33. The van der Waals surface area contributed by atoms with Crippen molar-refractivity contribution >= 4 is 41.5 Å². The smallest absolute Gasteiger partial charge is 0.240 e. The van der Waals surface area contributed by atoms with Crippen molar-refractivity contribution < 1.29 is 4.79 Å². The minimum atomic E-state index is 0.332. The molecule has 122 valence electrons. The Kier molecular flexibility index (Phi) is 3.94. The van der Waals surface area contributed by atoms with Gasteiger partial charge in [0.1, 0.15) is 11.6 Å². The average molecular weight is 329 g/mol. The van der Waals surface area contributed by atoms with E-state index in [2.05, 4.69) is 26.3 Å². The molecule has 0 saturated carbocycles. The average Bonchev–Trinajstić information content (AvgIpc) is 3.03. The number of hydrogen-bond acceptors (Lipinski definition) is 6. The summed E-state index contributed by atoms with van der Waals surface area (Å²) < 4.78 is 0. The third kappa shape index (κ3) is 3.24. The summed E-state index contributed by atoms with van der Waals surface area (Å²) in [6.07, 6.45) is 2.98. The number of anilines is 2. The first-order valence-corrected chi connectivity index (χ1v) is 8.31. The lowest BCUT2D eigenvalue weighted by Gasteiger charge is -2.28. The van der Waals surface area contributed by atoms with Crippen LogP contribution >= 0.6 is 0 Å². The highest BCUT2D eigenvalue weighted by atomic mass is 16.1. The van der Waals surface area contributed by atoms with Gasteiger partial charge in [-0.3, -0.25) is 4.79 Å². The number of nitrogens with zero attached hydrogens (tertiary/aromatic N) is 4. The third-order valence-corrected chi connectivity index (χ3v) is 4.52. The number of nitrogens with one attached hydrogen (secondary N) is 1. The van der Waals surface area contributed by atoms with Crippen LogP contribution < -0.4 is 15.7 Å². The van der Waals surface area contributed by atoms with Crippen molar-refractivity contribution in [3.63, 3.8) is 0 Å². The van der Waals surface area contributed by atoms with Crippen molar-refractivity contribution in [2.24, 2.45) is 4.99 Å². The van der Waals surface area contributed by atoms with Gasteiger partial charge in [0.25, 0.3) is 0 Å². The fraction of sp³-hybridized carbons (Fsp3) is 0.222. The van der Waals surface area contributed by atoms with Gasteiger partial charge in [-0.05, 0) is 29.7 Å². The van der Waals surface area contributed by atoms with Crippen LogP contribution in [0.15, 0.2) is 41.5 Å². The molecule has 1 aromatic heterocycles. The molecule has 6 nitrogen and oxygen atoms in total. The highest BCUT2D eigenvalue weighted by Gasteiger charge is 2.19. The second-order valence-electron chi connectivity index (χ2n) is 6.24. The molecule has 0 radical (unpaired) electrons. The standard InChI is InChI=1S/C18H16BN5O/c20-11-12-1-2-16-15(9-12)19-18(22-16)23-17-10-13(3-6-21-17)24-7-4-14(25)5-8-24/h1-3,6,9-10,19H,4-5,7-8H2,(H,21,22,23). The van der Waals surface area contributed by atoms with Crippen LogP contribution in [0.5, 0.6) is 0 Å². The number of hydrogen-bond donors (Lipinski definition) is 1. The number of carbonyl (C=O) groups is 1. The number of piperidine rings is 1. The van der Waals surface area contributed by atoms with Crippen LogP contribution in [0.1, 0.15) is 18.4 Å². The number of Topliss-reactive ketones (excluding diaryl/α,β-unsaturated/α-hetero) is 1. The molecule has 1 N–H and O–H groups in total. The van der Waals surface area contributed by atoms with E-state index in [4.69, 9.17) is 5.26 Å². The van der Waals surface area contributed by atoms with Crippen molar-refractivity contribution in [2.75, 3.05) is 23.3 Å². The van der Waals surface area contributed by atoms with Gasteiger partial charge < -0.3 is 10.2 Å². The predicted molar refractivity (Wildman–Crippen MR) is 99.3 cm³/mol. The molecular weight excluding hydrogens is 313 g/mol. The van der Waals surface area contributed by atoms with Gasteiger partial charge in [-0.2, -0.15) is 5.26 Å². The Labute approximate surface area is 146 Å². The molecule has 2 aromatic rings. The Bertz CT molecular complexity index is 908. The minimum Gasteiger partial charge on any atom is -0.370 e. The van der Waals surface area contributed by atoms with E-state index < -0.39 is 0 Å². The van der Waals surface area contributed by atoms with Crippen LogP contribution in [0.2, 0.25) is 0 Å². The van der Waals surface area contributed by atoms with Gasteiger partial charge in [0.15, 0.2) is 0 Å².